The summed E-state index contributed by atoms with van der Waals surface area (Å²) in [5.41, 5.74) is 0. The molecule has 2 aliphatic rings. The van der Waals surface area contributed by atoms with Crippen LogP contribution in [0, 0.1) is 17.8 Å². The summed E-state index contributed by atoms with van der Waals surface area (Å²) in [6, 6.07) is 0. The first-order chi connectivity index (χ1) is 6.75. The zero-order valence-electron chi connectivity index (χ0n) is 9.63. The number of piperidine rings is 1. The largest absolute Gasteiger partial charge is 0.316 e. The van der Waals surface area contributed by atoms with Gasteiger partial charge in [0.15, 0.2) is 0 Å². The van der Waals surface area contributed by atoms with Gasteiger partial charge in [0.1, 0.15) is 0 Å². The molecule has 2 heteroatoms. The van der Waals surface area contributed by atoms with Crippen molar-refractivity contribution >= 4 is 0 Å². The minimum Gasteiger partial charge on any atom is -0.316 e. The van der Waals surface area contributed by atoms with Crippen molar-refractivity contribution in [2.75, 3.05) is 33.2 Å². The second-order valence-electron chi connectivity index (χ2n) is 5.40. The zero-order chi connectivity index (χ0) is 9.97. The van der Waals surface area contributed by atoms with Crippen LogP contribution in [0.1, 0.15) is 26.2 Å². The molecule has 82 valence electrons. The Hall–Kier alpha value is -0.0800. The highest BCUT2D eigenvalue weighted by Crippen LogP contribution is 2.36. The van der Waals surface area contributed by atoms with E-state index < -0.39 is 0 Å². The molecule has 1 heterocycles. The van der Waals surface area contributed by atoms with Crippen molar-refractivity contribution in [3.05, 3.63) is 0 Å². The van der Waals surface area contributed by atoms with E-state index >= 15 is 0 Å². The van der Waals surface area contributed by atoms with E-state index in [9.17, 15) is 0 Å². The van der Waals surface area contributed by atoms with Crippen molar-refractivity contribution in [2.45, 2.75) is 26.2 Å². The monoisotopic (exact) mass is 196 g/mol. The summed E-state index contributed by atoms with van der Waals surface area (Å²) in [5, 5.41) is 3.64. The highest BCUT2D eigenvalue weighted by atomic mass is 15.1. The Kier molecular flexibility index (Phi) is 3.45. The first kappa shape index (κ1) is 10.4. The molecule has 0 aromatic carbocycles. The number of nitrogens with zero attached hydrogens (tertiary/aromatic N) is 1. The normalized spacial score (nSPS) is 38.6. The molecule has 2 fully saturated rings. The molecule has 0 amide bonds. The van der Waals surface area contributed by atoms with Crippen LogP contribution in [0.5, 0.6) is 0 Å². The number of hydrogen-bond donors (Lipinski definition) is 1. The molecular weight excluding hydrogens is 172 g/mol. The fraction of sp³-hybridized carbons (Fsp3) is 1.00. The lowest BCUT2D eigenvalue weighted by atomic mass is 9.98. The van der Waals surface area contributed by atoms with E-state index in [0.717, 1.165) is 17.8 Å². The average Bonchev–Trinajstić information content (AvgIpc) is 2.82. The molecule has 3 atom stereocenters. The molecule has 0 radical (unpaired) electrons. The van der Waals surface area contributed by atoms with Crippen LogP contribution in [-0.4, -0.2) is 38.1 Å². The van der Waals surface area contributed by atoms with Gasteiger partial charge in [-0.1, -0.05) is 6.92 Å². The zero-order valence-corrected chi connectivity index (χ0v) is 9.63. The predicted molar refractivity (Wildman–Crippen MR) is 60.4 cm³/mol. The van der Waals surface area contributed by atoms with Crippen molar-refractivity contribution in [3.63, 3.8) is 0 Å². The summed E-state index contributed by atoms with van der Waals surface area (Å²) in [7, 11) is 2.25. The molecule has 1 aliphatic heterocycles. The lowest BCUT2D eigenvalue weighted by Gasteiger charge is -2.29. The van der Waals surface area contributed by atoms with Crippen LogP contribution in [0.3, 0.4) is 0 Å². The van der Waals surface area contributed by atoms with Gasteiger partial charge in [0.25, 0.3) is 0 Å². The minimum absolute atomic E-state index is 0.905. The first-order valence-corrected chi connectivity index (χ1v) is 6.15. The van der Waals surface area contributed by atoms with Gasteiger partial charge in [-0.05, 0) is 63.7 Å². The van der Waals surface area contributed by atoms with Crippen molar-refractivity contribution < 1.29 is 0 Å². The van der Waals surface area contributed by atoms with Gasteiger partial charge in [-0.2, -0.15) is 0 Å². The highest BCUT2D eigenvalue weighted by Gasteiger charge is 2.31. The van der Waals surface area contributed by atoms with Crippen LogP contribution in [0.2, 0.25) is 0 Å². The molecule has 0 bridgehead atoms. The average molecular weight is 196 g/mol. The van der Waals surface area contributed by atoms with Crippen molar-refractivity contribution in [1.82, 2.24) is 10.2 Å². The third kappa shape index (κ3) is 2.96. The molecule has 1 saturated heterocycles. The summed E-state index contributed by atoms with van der Waals surface area (Å²) >= 11 is 0. The van der Waals surface area contributed by atoms with Crippen LogP contribution in [0.25, 0.3) is 0 Å². The summed E-state index contributed by atoms with van der Waals surface area (Å²) in [6.45, 7) is 7.47. The topological polar surface area (TPSA) is 15.3 Å². The summed E-state index contributed by atoms with van der Waals surface area (Å²) in [6.07, 6.45) is 4.28. The van der Waals surface area contributed by atoms with Crippen molar-refractivity contribution in [1.29, 1.82) is 0 Å². The number of likely N-dealkylation sites (tertiary alicyclic amines) is 1. The van der Waals surface area contributed by atoms with Gasteiger partial charge < -0.3 is 10.2 Å². The van der Waals surface area contributed by atoms with E-state index in [1.807, 2.05) is 0 Å². The van der Waals surface area contributed by atoms with Crippen LogP contribution < -0.4 is 5.32 Å². The SMILES string of the molecule is CC1CC1CNCC1CCCN(C)C1. The van der Waals surface area contributed by atoms with Gasteiger partial charge in [0.2, 0.25) is 0 Å². The molecule has 2 rings (SSSR count). The standard InChI is InChI=1S/C12H24N2/c1-10-6-12(10)8-13-7-11-4-3-5-14(2)9-11/h10-13H,3-9H2,1-2H3. The summed E-state index contributed by atoms with van der Waals surface area (Å²) < 4.78 is 0. The maximum atomic E-state index is 3.64. The molecule has 1 saturated carbocycles. The smallest absolute Gasteiger partial charge is 0.00187 e. The lowest BCUT2D eigenvalue weighted by molar-refractivity contribution is 0.206. The Labute approximate surface area is 88.1 Å². The molecule has 0 spiro atoms. The van der Waals surface area contributed by atoms with Crippen LogP contribution >= 0.6 is 0 Å². The van der Waals surface area contributed by atoms with Gasteiger partial charge in [-0.25, -0.2) is 0 Å². The van der Waals surface area contributed by atoms with Gasteiger partial charge in [0.05, 0.1) is 0 Å². The van der Waals surface area contributed by atoms with E-state index in [4.69, 9.17) is 0 Å². The fourth-order valence-corrected chi connectivity index (χ4v) is 2.60. The van der Waals surface area contributed by atoms with E-state index in [1.165, 1.54) is 45.4 Å². The summed E-state index contributed by atoms with van der Waals surface area (Å²) in [4.78, 5) is 2.47. The number of nitrogens with one attached hydrogen (secondary N) is 1. The van der Waals surface area contributed by atoms with Gasteiger partial charge in [0, 0.05) is 6.54 Å². The third-order valence-corrected chi connectivity index (χ3v) is 3.84. The van der Waals surface area contributed by atoms with Crippen molar-refractivity contribution in [3.8, 4) is 0 Å². The second kappa shape index (κ2) is 4.63. The Morgan fingerprint density at radius 3 is 2.79 bits per heavy atom. The third-order valence-electron chi connectivity index (χ3n) is 3.84. The van der Waals surface area contributed by atoms with Crippen LogP contribution in [-0.2, 0) is 0 Å². The van der Waals surface area contributed by atoms with E-state index in [-0.39, 0.29) is 0 Å². The molecule has 3 unspecified atom stereocenters. The van der Waals surface area contributed by atoms with E-state index in [0.29, 0.717) is 0 Å². The maximum absolute atomic E-state index is 3.64. The van der Waals surface area contributed by atoms with Crippen LogP contribution in [0.15, 0.2) is 0 Å². The Morgan fingerprint density at radius 2 is 2.14 bits per heavy atom. The lowest BCUT2D eigenvalue weighted by Crippen LogP contribution is -2.37. The molecule has 0 aromatic heterocycles. The number of hydrogen-bond acceptors (Lipinski definition) is 2. The van der Waals surface area contributed by atoms with Gasteiger partial charge >= 0.3 is 0 Å². The molecule has 14 heavy (non-hydrogen) atoms. The Morgan fingerprint density at radius 1 is 1.36 bits per heavy atom. The van der Waals surface area contributed by atoms with E-state index in [2.05, 4.69) is 24.2 Å². The second-order valence-corrected chi connectivity index (χ2v) is 5.40. The molecule has 0 aromatic rings. The van der Waals surface area contributed by atoms with Gasteiger partial charge in [-0.3, -0.25) is 0 Å². The molecule has 2 nitrogen and oxygen atoms in total. The molecule has 1 aliphatic carbocycles. The molecular formula is C12H24N2. The molecule has 1 N–H and O–H groups in total. The van der Waals surface area contributed by atoms with Crippen LogP contribution in [0.4, 0.5) is 0 Å². The minimum atomic E-state index is 0.905. The first-order valence-electron chi connectivity index (χ1n) is 6.15. The Bertz CT molecular complexity index is 181. The quantitative estimate of drug-likeness (QED) is 0.734. The maximum Gasteiger partial charge on any atom is 0.00187 e. The number of rotatable bonds is 4. The van der Waals surface area contributed by atoms with Crippen molar-refractivity contribution in [2.24, 2.45) is 17.8 Å². The highest BCUT2D eigenvalue weighted by molar-refractivity contribution is 4.84. The fourth-order valence-electron chi connectivity index (χ4n) is 2.60. The van der Waals surface area contributed by atoms with Gasteiger partial charge in [-0.15, -0.1) is 0 Å². The Balaban J connectivity index is 1.55. The van der Waals surface area contributed by atoms with E-state index in [1.54, 1.807) is 0 Å². The summed E-state index contributed by atoms with van der Waals surface area (Å²) in [5.74, 6) is 2.90. The predicted octanol–water partition coefficient (Wildman–Crippen LogP) is 1.57.